The van der Waals surface area contributed by atoms with E-state index in [9.17, 15) is 0 Å². The molecule has 0 aromatic carbocycles. The second-order valence-electron chi connectivity index (χ2n) is 3.48. The van der Waals surface area contributed by atoms with Crippen molar-refractivity contribution in [2.24, 2.45) is 11.8 Å². The zero-order chi connectivity index (χ0) is 8.10. The molecule has 1 aliphatic carbocycles. The van der Waals surface area contributed by atoms with Crippen molar-refractivity contribution in [2.75, 3.05) is 6.61 Å². The quantitative estimate of drug-likeness (QED) is 0.619. The van der Waals surface area contributed by atoms with E-state index in [1.54, 1.807) is 0 Å². The van der Waals surface area contributed by atoms with Crippen LogP contribution in [-0.2, 0) is 0 Å². The van der Waals surface area contributed by atoms with Crippen molar-refractivity contribution in [3.63, 3.8) is 0 Å². The Labute approximate surface area is 69.1 Å². The minimum Gasteiger partial charge on any atom is -0.396 e. The first-order valence-electron chi connectivity index (χ1n) is 4.62. The highest BCUT2D eigenvalue weighted by Gasteiger charge is 2.19. The van der Waals surface area contributed by atoms with E-state index in [1.165, 1.54) is 32.1 Å². The molecule has 0 heterocycles. The van der Waals surface area contributed by atoms with Crippen LogP contribution in [0.2, 0.25) is 0 Å². The molecule has 1 rings (SSSR count). The summed E-state index contributed by atoms with van der Waals surface area (Å²) in [5.41, 5.74) is 0. The van der Waals surface area contributed by atoms with Gasteiger partial charge in [0.25, 0.3) is 0 Å². The van der Waals surface area contributed by atoms with Gasteiger partial charge >= 0.3 is 0 Å². The van der Waals surface area contributed by atoms with Crippen LogP contribution in [0.1, 0.15) is 32.1 Å². The van der Waals surface area contributed by atoms with E-state index in [4.69, 9.17) is 5.11 Å². The fraction of sp³-hybridized carbons (Fsp3) is 0.800. The van der Waals surface area contributed by atoms with E-state index in [-0.39, 0.29) is 6.61 Å². The van der Waals surface area contributed by atoms with Crippen molar-refractivity contribution in [2.45, 2.75) is 32.1 Å². The van der Waals surface area contributed by atoms with Crippen molar-refractivity contribution in [1.29, 1.82) is 0 Å². The maximum absolute atomic E-state index is 9.01. The lowest BCUT2D eigenvalue weighted by Gasteiger charge is -2.26. The Morgan fingerprint density at radius 1 is 1.36 bits per heavy atom. The number of aliphatic hydroxyl groups is 1. The van der Waals surface area contributed by atoms with Gasteiger partial charge < -0.3 is 5.11 Å². The van der Waals surface area contributed by atoms with Gasteiger partial charge in [0.05, 0.1) is 0 Å². The smallest absolute Gasteiger partial charge is 0.0496 e. The third-order valence-corrected chi connectivity index (χ3v) is 2.77. The SMILES string of the molecule is C=CC(CO)C1CCCCC1. The largest absolute Gasteiger partial charge is 0.396 e. The minimum atomic E-state index is 0.286. The molecule has 1 nitrogen and oxygen atoms in total. The van der Waals surface area contributed by atoms with Gasteiger partial charge in [0.1, 0.15) is 0 Å². The van der Waals surface area contributed by atoms with Crippen LogP contribution in [0.3, 0.4) is 0 Å². The van der Waals surface area contributed by atoms with Gasteiger partial charge in [-0.05, 0) is 18.8 Å². The molecule has 0 aliphatic heterocycles. The molecule has 1 aliphatic rings. The van der Waals surface area contributed by atoms with E-state index in [0.29, 0.717) is 11.8 Å². The van der Waals surface area contributed by atoms with Gasteiger partial charge in [-0.1, -0.05) is 25.3 Å². The summed E-state index contributed by atoms with van der Waals surface area (Å²) in [7, 11) is 0. The average molecular weight is 154 g/mol. The monoisotopic (exact) mass is 154 g/mol. The normalized spacial score (nSPS) is 23.0. The summed E-state index contributed by atoms with van der Waals surface area (Å²) in [4.78, 5) is 0. The molecule has 0 amide bonds. The standard InChI is InChI=1S/C10H18O/c1-2-9(8-11)10-6-4-3-5-7-10/h2,9-11H,1,3-8H2. The lowest BCUT2D eigenvalue weighted by atomic mass is 9.80. The predicted octanol–water partition coefficient (Wildman–Crippen LogP) is 2.36. The summed E-state index contributed by atoms with van der Waals surface area (Å²) in [5.74, 6) is 1.07. The van der Waals surface area contributed by atoms with Crippen LogP contribution < -0.4 is 0 Å². The first-order chi connectivity index (χ1) is 5.38. The van der Waals surface area contributed by atoms with Crippen LogP contribution in [0, 0.1) is 11.8 Å². The molecule has 1 fully saturated rings. The fourth-order valence-corrected chi connectivity index (χ4v) is 1.98. The molecule has 64 valence electrons. The summed E-state index contributed by atoms with van der Waals surface area (Å²) in [6, 6.07) is 0. The minimum absolute atomic E-state index is 0.286. The Morgan fingerprint density at radius 2 is 2.00 bits per heavy atom. The Balaban J connectivity index is 2.35. The third-order valence-electron chi connectivity index (χ3n) is 2.77. The number of hydrogen-bond acceptors (Lipinski definition) is 1. The molecule has 11 heavy (non-hydrogen) atoms. The molecule has 1 unspecified atom stereocenters. The van der Waals surface area contributed by atoms with E-state index in [1.807, 2.05) is 6.08 Å². The van der Waals surface area contributed by atoms with Crippen LogP contribution in [0.4, 0.5) is 0 Å². The molecule has 1 heteroatoms. The highest BCUT2D eigenvalue weighted by molar-refractivity contribution is 4.85. The van der Waals surface area contributed by atoms with Gasteiger partial charge in [-0.25, -0.2) is 0 Å². The first-order valence-corrected chi connectivity index (χ1v) is 4.62. The van der Waals surface area contributed by atoms with Gasteiger partial charge in [0, 0.05) is 12.5 Å². The van der Waals surface area contributed by atoms with Crippen LogP contribution in [0.15, 0.2) is 12.7 Å². The molecular weight excluding hydrogens is 136 g/mol. The van der Waals surface area contributed by atoms with Crippen LogP contribution in [0.5, 0.6) is 0 Å². The van der Waals surface area contributed by atoms with Crippen LogP contribution in [0.25, 0.3) is 0 Å². The van der Waals surface area contributed by atoms with Crippen molar-refractivity contribution in [3.8, 4) is 0 Å². The average Bonchev–Trinajstić information content (AvgIpc) is 2.09. The fourth-order valence-electron chi connectivity index (χ4n) is 1.98. The second kappa shape index (κ2) is 4.55. The number of hydrogen-bond donors (Lipinski definition) is 1. The maximum Gasteiger partial charge on any atom is 0.0496 e. The first kappa shape index (κ1) is 8.79. The van der Waals surface area contributed by atoms with Crippen molar-refractivity contribution in [3.05, 3.63) is 12.7 Å². The molecule has 0 aromatic heterocycles. The number of aliphatic hydroxyl groups excluding tert-OH is 1. The second-order valence-corrected chi connectivity index (χ2v) is 3.48. The Hall–Kier alpha value is -0.300. The van der Waals surface area contributed by atoms with Gasteiger partial charge in [-0.15, -0.1) is 6.58 Å². The van der Waals surface area contributed by atoms with Gasteiger partial charge in [-0.2, -0.15) is 0 Å². The van der Waals surface area contributed by atoms with Crippen molar-refractivity contribution < 1.29 is 5.11 Å². The summed E-state index contributed by atoms with van der Waals surface area (Å²) in [6.07, 6.45) is 8.56. The molecule has 0 spiro atoms. The van der Waals surface area contributed by atoms with E-state index in [2.05, 4.69) is 6.58 Å². The van der Waals surface area contributed by atoms with E-state index < -0.39 is 0 Å². The lowest BCUT2D eigenvalue weighted by Crippen LogP contribution is -2.18. The zero-order valence-electron chi connectivity index (χ0n) is 7.13. The van der Waals surface area contributed by atoms with Gasteiger partial charge in [0.2, 0.25) is 0 Å². The lowest BCUT2D eigenvalue weighted by molar-refractivity contribution is 0.179. The van der Waals surface area contributed by atoms with Crippen molar-refractivity contribution in [1.82, 2.24) is 0 Å². The Kier molecular flexibility index (Phi) is 3.64. The van der Waals surface area contributed by atoms with Crippen LogP contribution >= 0.6 is 0 Å². The molecule has 0 bridgehead atoms. The maximum atomic E-state index is 9.01. The molecule has 1 saturated carbocycles. The molecule has 1 N–H and O–H groups in total. The summed E-state index contributed by atoms with van der Waals surface area (Å²) in [5, 5.41) is 9.01. The Bertz CT molecular complexity index is 114. The number of rotatable bonds is 3. The highest BCUT2D eigenvalue weighted by atomic mass is 16.3. The topological polar surface area (TPSA) is 20.2 Å². The molecule has 0 aromatic rings. The molecule has 0 radical (unpaired) electrons. The molecule has 0 saturated heterocycles. The van der Waals surface area contributed by atoms with Gasteiger partial charge in [0.15, 0.2) is 0 Å². The zero-order valence-corrected chi connectivity index (χ0v) is 7.13. The Morgan fingerprint density at radius 3 is 2.45 bits per heavy atom. The van der Waals surface area contributed by atoms with Crippen molar-refractivity contribution >= 4 is 0 Å². The van der Waals surface area contributed by atoms with E-state index in [0.717, 1.165) is 0 Å². The van der Waals surface area contributed by atoms with Crippen LogP contribution in [-0.4, -0.2) is 11.7 Å². The molecular formula is C10H18O. The molecule has 1 atom stereocenters. The highest BCUT2D eigenvalue weighted by Crippen LogP contribution is 2.30. The van der Waals surface area contributed by atoms with Gasteiger partial charge in [-0.3, -0.25) is 0 Å². The predicted molar refractivity (Wildman–Crippen MR) is 47.3 cm³/mol. The third kappa shape index (κ3) is 2.33. The summed E-state index contributed by atoms with van der Waals surface area (Å²) >= 11 is 0. The summed E-state index contributed by atoms with van der Waals surface area (Å²) in [6.45, 7) is 4.03. The summed E-state index contributed by atoms with van der Waals surface area (Å²) < 4.78 is 0. The van der Waals surface area contributed by atoms with E-state index >= 15 is 0 Å².